The van der Waals surface area contributed by atoms with Crippen LogP contribution in [-0.2, 0) is 9.59 Å². The maximum Gasteiger partial charge on any atom is 0.251 e. The van der Waals surface area contributed by atoms with Crippen LogP contribution in [0.1, 0.15) is 44.5 Å². The van der Waals surface area contributed by atoms with E-state index in [4.69, 9.17) is 0 Å². The average Bonchev–Trinajstić information content (AvgIpc) is 2.70. The van der Waals surface area contributed by atoms with E-state index in [9.17, 15) is 14.4 Å². The van der Waals surface area contributed by atoms with Gasteiger partial charge in [0.25, 0.3) is 5.91 Å². The van der Waals surface area contributed by atoms with E-state index in [-0.39, 0.29) is 29.6 Å². The minimum absolute atomic E-state index is 0.0282. The van der Waals surface area contributed by atoms with Gasteiger partial charge >= 0.3 is 0 Å². The molecule has 1 heterocycles. The lowest BCUT2D eigenvalue weighted by Gasteiger charge is -2.38. The highest BCUT2D eigenvalue weighted by molar-refractivity contribution is 5.97. The van der Waals surface area contributed by atoms with E-state index in [2.05, 4.69) is 5.32 Å². The fraction of sp³-hybridized carbons (Fsp3) is 0.571. The second kappa shape index (κ2) is 9.53. The average molecular weight is 373 g/mol. The molecular formula is C21H31N3O3. The molecule has 6 nitrogen and oxygen atoms in total. The van der Waals surface area contributed by atoms with Crippen molar-refractivity contribution in [3.63, 3.8) is 0 Å². The van der Waals surface area contributed by atoms with Gasteiger partial charge in [-0.1, -0.05) is 52.3 Å². The first-order valence-electron chi connectivity index (χ1n) is 9.78. The first-order valence-corrected chi connectivity index (χ1v) is 9.78. The van der Waals surface area contributed by atoms with Gasteiger partial charge in [-0.05, 0) is 18.1 Å². The SMILES string of the molecule is CCC(C)C(NC(=O)c1ccccc1)C(=O)N1CCN(C(=O)C(C)C)CC1. The Bertz CT molecular complexity index is 652. The number of nitrogens with zero attached hydrogens (tertiary/aromatic N) is 2. The molecule has 2 unspecified atom stereocenters. The Hall–Kier alpha value is -2.37. The number of carbonyl (C=O) groups excluding carboxylic acids is 3. The summed E-state index contributed by atoms with van der Waals surface area (Å²) >= 11 is 0. The van der Waals surface area contributed by atoms with Crippen molar-refractivity contribution in [2.75, 3.05) is 26.2 Å². The molecule has 0 bridgehead atoms. The van der Waals surface area contributed by atoms with Gasteiger partial charge < -0.3 is 15.1 Å². The predicted molar refractivity (Wildman–Crippen MR) is 105 cm³/mol. The Morgan fingerprint density at radius 2 is 1.44 bits per heavy atom. The molecule has 1 N–H and O–H groups in total. The van der Waals surface area contributed by atoms with E-state index in [1.165, 1.54) is 0 Å². The summed E-state index contributed by atoms with van der Waals surface area (Å²) in [5.41, 5.74) is 0.547. The summed E-state index contributed by atoms with van der Waals surface area (Å²) in [4.78, 5) is 41.3. The molecule has 1 aliphatic rings. The van der Waals surface area contributed by atoms with E-state index < -0.39 is 6.04 Å². The summed E-state index contributed by atoms with van der Waals surface area (Å²) in [6.07, 6.45) is 0.789. The Kier molecular flexibility index (Phi) is 7.39. The third-order valence-corrected chi connectivity index (χ3v) is 5.20. The van der Waals surface area contributed by atoms with Gasteiger partial charge in [0.1, 0.15) is 6.04 Å². The summed E-state index contributed by atoms with van der Waals surface area (Å²) < 4.78 is 0. The van der Waals surface area contributed by atoms with Gasteiger partial charge in [-0.3, -0.25) is 14.4 Å². The number of carbonyl (C=O) groups is 3. The van der Waals surface area contributed by atoms with Crippen LogP contribution in [0.4, 0.5) is 0 Å². The van der Waals surface area contributed by atoms with Crippen molar-refractivity contribution < 1.29 is 14.4 Å². The maximum atomic E-state index is 13.1. The maximum absolute atomic E-state index is 13.1. The van der Waals surface area contributed by atoms with Crippen molar-refractivity contribution in [2.45, 2.75) is 40.2 Å². The molecule has 0 saturated carbocycles. The number of hydrogen-bond acceptors (Lipinski definition) is 3. The number of piperazine rings is 1. The molecule has 1 aromatic rings. The monoisotopic (exact) mass is 373 g/mol. The second-order valence-corrected chi connectivity index (χ2v) is 7.51. The molecule has 0 aliphatic carbocycles. The van der Waals surface area contributed by atoms with Crippen LogP contribution in [-0.4, -0.2) is 59.7 Å². The van der Waals surface area contributed by atoms with Crippen LogP contribution in [0, 0.1) is 11.8 Å². The number of benzene rings is 1. The zero-order chi connectivity index (χ0) is 20.0. The lowest BCUT2D eigenvalue weighted by Crippen LogP contribution is -2.57. The van der Waals surface area contributed by atoms with Crippen molar-refractivity contribution in [3.8, 4) is 0 Å². The second-order valence-electron chi connectivity index (χ2n) is 7.51. The van der Waals surface area contributed by atoms with Crippen LogP contribution in [0.5, 0.6) is 0 Å². The molecule has 27 heavy (non-hydrogen) atoms. The van der Waals surface area contributed by atoms with Gasteiger partial charge in [0.2, 0.25) is 11.8 Å². The normalized spacial score (nSPS) is 16.8. The third-order valence-electron chi connectivity index (χ3n) is 5.20. The molecule has 2 rings (SSSR count). The largest absolute Gasteiger partial charge is 0.340 e. The van der Waals surface area contributed by atoms with Crippen molar-refractivity contribution in [1.82, 2.24) is 15.1 Å². The number of hydrogen-bond donors (Lipinski definition) is 1. The van der Waals surface area contributed by atoms with Gasteiger partial charge in [-0.25, -0.2) is 0 Å². The molecule has 2 atom stereocenters. The molecule has 6 heteroatoms. The fourth-order valence-electron chi connectivity index (χ4n) is 3.21. The van der Waals surface area contributed by atoms with Crippen LogP contribution in [0.15, 0.2) is 30.3 Å². The first-order chi connectivity index (χ1) is 12.8. The van der Waals surface area contributed by atoms with E-state index >= 15 is 0 Å². The number of nitrogens with one attached hydrogen (secondary N) is 1. The van der Waals surface area contributed by atoms with E-state index in [1.54, 1.807) is 29.2 Å². The molecule has 0 radical (unpaired) electrons. The molecule has 1 aromatic carbocycles. The molecular weight excluding hydrogens is 342 g/mol. The standard InChI is InChI=1S/C21H31N3O3/c1-5-16(4)18(22-19(25)17-9-7-6-8-10-17)21(27)24-13-11-23(12-14-24)20(26)15(2)3/h6-10,15-16,18H,5,11-14H2,1-4H3,(H,22,25). The summed E-state index contributed by atoms with van der Waals surface area (Å²) in [6.45, 7) is 9.86. The van der Waals surface area contributed by atoms with E-state index in [0.717, 1.165) is 6.42 Å². The minimum Gasteiger partial charge on any atom is -0.340 e. The Labute approximate surface area is 161 Å². The van der Waals surface area contributed by atoms with Crippen molar-refractivity contribution in [1.29, 1.82) is 0 Å². The Balaban J connectivity index is 2.03. The van der Waals surface area contributed by atoms with Crippen molar-refractivity contribution >= 4 is 17.7 Å². The van der Waals surface area contributed by atoms with Crippen LogP contribution < -0.4 is 5.32 Å². The van der Waals surface area contributed by atoms with E-state index in [1.807, 2.05) is 38.7 Å². The number of amides is 3. The summed E-state index contributed by atoms with van der Waals surface area (Å²) in [5.74, 6) is -0.183. The Morgan fingerprint density at radius 1 is 0.926 bits per heavy atom. The van der Waals surface area contributed by atoms with Crippen LogP contribution in [0.2, 0.25) is 0 Å². The quantitative estimate of drug-likeness (QED) is 0.831. The van der Waals surface area contributed by atoms with Gasteiger partial charge in [0.05, 0.1) is 0 Å². The molecule has 0 aromatic heterocycles. The zero-order valence-electron chi connectivity index (χ0n) is 16.8. The van der Waals surface area contributed by atoms with Crippen LogP contribution in [0.25, 0.3) is 0 Å². The van der Waals surface area contributed by atoms with Crippen LogP contribution >= 0.6 is 0 Å². The Morgan fingerprint density at radius 3 is 1.93 bits per heavy atom. The summed E-state index contributed by atoms with van der Waals surface area (Å²) in [5, 5.41) is 2.92. The molecule has 1 aliphatic heterocycles. The number of rotatable bonds is 6. The molecule has 3 amide bonds. The first kappa shape index (κ1) is 20.9. The van der Waals surface area contributed by atoms with Gasteiger partial charge in [-0.2, -0.15) is 0 Å². The molecule has 1 saturated heterocycles. The molecule has 148 valence electrons. The molecule has 1 fully saturated rings. The smallest absolute Gasteiger partial charge is 0.251 e. The van der Waals surface area contributed by atoms with Crippen LogP contribution in [0.3, 0.4) is 0 Å². The van der Waals surface area contributed by atoms with Gasteiger partial charge in [0.15, 0.2) is 0 Å². The highest BCUT2D eigenvalue weighted by atomic mass is 16.2. The third kappa shape index (κ3) is 5.31. The van der Waals surface area contributed by atoms with Gasteiger partial charge in [-0.15, -0.1) is 0 Å². The topological polar surface area (TPSA) is 69.7 Å². The van der Waals surface area contributed by atoms with E-state index in [0.29, 0.717) is 31.7 Å². The molecule has 0 spiro atoms. The minimum atomic E-state index is -0.560. The lowest BCUT2D eigenvalue weighted by atomic mass is 9.97. The highest BCUT2D eigenvalue weighted by Gasteiger charge is 2.33. The summed E-state index contributed by atoms with van der Waals surface area (Å²) in [7, 11) is 0. The summed E-state index contributed by atoms with van der Waals surface area (Å²) in [6, 6.07) is 8.38. The fourth-order valence-corrected chi connectivity index (χ4v) is 3.21. The highest BCUT2D eigenvalue weighted by Crippen LogP contribution is 2.15. The van der Waals surface area contributed by atoms with Gasteiger partial charge in [0, 0.05) is 37.7 Å². The van der Waals surface area contributed by atoms with Crippen molar-refractivity contribution in [3.05, 3.63) is 35.9 Å². The lowest BCUT2D eigenvalue weighted by molar-refractivity contribution is -0.143. The predicted octanol–water partition coefficient (Wildman–Crippen LogP) is 2.16. The van der Waals surface area contributed by atoms with Crippen molar-refractivity contribution in [2.24, 2.45) is 11.8 Å². The zero-order valence-corrected chi connectivity index (χ0v) is 16.8.